The number of carbonyl (C=O) groups is 1. The van der Waals surface area contributed by atoms with Crippen LogP contribution in [0.15, 0.2) is 12.2 Å². The predicted molar refractivity (Wildman–Crippen MR) is 56.4 cm³/mol. The minimum Gasteiger partial charge on any atom is -0.462 e. The van der Waals surface area contributed by atoms with E-state index in [0.717, 1.165) is 12.5 Å². The molecule has 0 rings (SSSR count). The third kappa shape index (κ3) is 8.34. The van der Waals surface area contributed by atoms with Gasteiger partial charge in [-0.25, -0.2) is 4.79 Å². The summed E-state index contributed by atoms with van der Waals surface area (Å²) in [7, 11) is 0.504. The second-order valence-electron chi connectivity index (χ2n) is 2.52. The highest BCUT2D eigenvalue weighted by Crippen LogP contribution is 2.03. The zero-order chi connectivity index (χ0) is 10.3. The molecule has 0 aliphatic rings. The van der Waals surface area contributed by atoms with Gasteiger partial charge >= 0.3 is 5.97 Å². The van der Waals surface area contributed by atoms with Crippen LogP contribution in [-0.4, -0.2) is 26.6 Å². The zero-order valence-electron chi connectivity index (χ0n) is 7.48. The maximum absolute atomic E-state index is 10.9. The monoisotopic (exact) mass is 238 g/mol. The van der Waals surface area contributed by atoms with Gasteiger partial charge < -0.3 is 4.74 Å². The highest BCUT2D eigenvalue weighted by molar-refractivity contribution is 6.68. The quantitative estimate of drug-likeness (QED) is 0.234. The molecule has 0 fully saturated rings. The molecule has 0 N–H and O–H groups in total. The molecule has 0 aliphatic heterocycles. The Hall–Kier alpha value is 0.00688. The molecule has 5 heteroatoms. The van der Waals surface area contributed by atoms with E-state index in [1.165, 1.54) is 0 Å². The van der Waals surface area contributed by atoms with Gasteiger partial charge in [-0.3, -0.25) is 0 Å². The number of hydrogen-bond donors (Lipinski definition) is 0. The Morgan fingerprint density at radius 3 is 2.69 bits per heavy atom. The lowest BCUT2D eigenvalue weighted by Gasteiger charge is -2.03. The Morgan fingerprint density at radius 2 is 2.23 bits per heavy atom. The van der Waals surface area contributed by atoms with Crippen molar-refractivity contribution in [2.24, 2.45) is 0 Å². The summed E-state index contributed by atoms with van der Waals surface area (Å²) >= 11 is 11.1. The van der Waals surface area contributed by atoms with Gasteiger partial charge in [0.25, 0.3) is 0 Å². The van der Waals surface area contributed by atoms with Crippen LogP contribution in [-0.2, 0) is 9.53 Å². The molecular weight excluding hydrogens is 227 g/mol. The summed E-state index contributed by atoms with van der Waals surface area (Å²) in [6.45, 7) is 5.51. The minimum atomic E-state index is -0.336. The van der Waals surface area contributed by atoms with Crippen LogP contribution in [0, 0.1) is 0 Å². The van der Waals surface area contributed by atoms with E-state index in [9.17, 15) is 4.79 Å². The van der Waals surface area contributed by atoms with E-state index in [4.69, 9.17) is 27.9 Å². The van der Waals surface area contributed by atoms with Crippen LogP contribution >= 0.6 is 23.2 Å². The van der Waals surface area contributed by atoms with Crippen LogP contribution in [0.1, 0.15) is 13.3 Å². The van der Waals surface area contributed by atoms with E-state index in [1.54, 1.807) is 6.92 Å². The van der Waals surface area contributed by atoms with Gasteiger partial charge in [0.1, 0.15) is 0 Å². The fraction of sp³-hybridized carbons (Fsp3) is 0.625. The molecule has 0 atom stereocenters. The Labute approximate surface area is 91.1 Å². The van der Waals surface area contributed by atoms with Gasteiger partial charge in [0, 0.05) is 5.57 Å². The number of rotatable bonds is 6. The van der Waals surface area contributed by atoms with Crippen molar-refractivity contribution in [3.63, 3.8) is 0 Å². The van der Waals surface area contributed by atoms with Gasteiger partial charge in [-0.05, 0) is 13.3 Å². The van der Waals surface area contributed by atoms with Crippen LogP contribution in [0.3, 0.4) is 0 Å². The van der Waals surface area contributed by atoms with Crippen molar-refractivity contribution in [1.29, 1.82) is 0 Å². The summed E-state index contributed by atoms with van der Waals surface area (Å²) in [6.07, 6.45) is 0.799. The third-order valence-electron chi connectivity index (χ3n) is 1.20. The first-order chi connectivity index (χ1) is 6.04. The fourth-order valence-corrected chi connectivity index (χ4v) is 1.79. The summed E-state index contributed by atoms with van der Waals surface area (Å²) in [4.78, 5) is 10.9. The number of carbonyl (C=O) groups excluding carboxylic acids is 1. The van der Waals surface area contributed by atoms with E-state index in [1.807, 2.05) is 0 Å². The SMILES string of the molecule is C=C(C)C(=O)OCCC[Si]C(Cl)Cl. The molecule has 0 heterocycles. The minimum absolute atomic E-state index is 0.295. The first kappa shape index (κ1) is 13.0. The number of halogens is 2. The summed E-state index contributed by atoms with van der Waals surface area (Å²) in [5.41, 5.74) is 0.426. The fourth-order valence-electron chi connectivity index (χ4n) is 0.571. The van der Waals surface area contributed by atoms with Crippen molar-refractivity contribution in [3.05, 3.63) is 12.2 Å². The van der Waals surface area contributed by atoms with E-state index >= 15 is 0 Å². The molecule has 0 unspecified atom stereocenters. The van der Waals surface area contributed by atoms with E-state index < -0.39 is 0 Å². The maximum atomic E-state index is 10.9. The summed E-state index contributed by atoms with van der Waals surface area (Å²) < 4.78 is 4.57. The molecule has 0 saturated heterocycles. The smallest absolute Gasteiger partial charge is 0.333 e. The third-order valence-corrected chi connectivity index (χ3v) is 3.08. The van der Waals surface area contributed by atoms with Crippen molar-refractivity contribution in [1.82, 2.24) is 0 Å². The van der Waals surface area contributed by atoms with Crippen molar-refractivity contribution in [3.8, 4) is 0 Å². The molecule has 0 spiro atoms. The molecule has 0 aliphatic carbocycles. The van der Waals surface area contributed by atoms with E-state index in [0.29, 0.717) is 21.7 Å². The molecule has 74 valence electrons. The van der Waals surface area contributed by atoms with Gasteiger partial charge in [0.15, 0.2) is 0 Å². The first-order valence-corrected chi connectivity index (χ1v) is 6.04. The molecular formula is C8H12Cl2O2Si. The Kier molecular flexibility index (Phi) is 7.42. The molecule has 0 aromatic carbocycles. The number of alkyl halides is 2. The Bertz CT molecular complexity index is 183. The number of hydrogen-bond acceptors (Lipinski definition) is 2. The number of esters is 1. The van der Waals surface area contributed by atoms with Gasteiger partial charge in [0.05, 0.1) is 20.6 Å². The van der Waals surface area contributed by atoms with Crippen LogP contribution in [0.2, 0.25) is 6.04 Å². The molecule has 2 radical (unpaired) electrons. The maximum Gasteiger partial charge on any atom is 0.333 e. The molecule has 0 amide bonds. The number of ether oxygens (including phenoxy) is 1. The molecule has 0 aromatic heterocycles. The normalized spacial score (nSPS) is 10.2. The van der Waals surface area contributed by atoms with Gasteiger partial charge in [-0.1, -0.05) is 12.6 Å². The van der Waals surface area contributed by atoms with Crippen LogP contribution < -0.4 is 0 Å². The lowest BCUT2D eigenvalue weighted by Crippen LogP contribution is -2.08. The van der Waals surface area contributed by atoms with E-state index in [-0.39, 0.29) is 10.4 Å². The topological polar surface area (TPSA) is 26.3 Å². The van der Waals surface area contributed by atoms with Crippen LogP contribution in [0.25, 0.3) is 0 Å². The second kappa shape index (κ2) is 7.41. The standard InChI is InChI=1S/C8H12Cl2O2Si/c1-6(2)7(11)12-4-3-5-13-8(9)10/h8H,1,3-5H2,2H3. The van der Waals surface area contributed by atoms with Crippen molar-refractivity contribution < 1.29 is 9.53 Å². The highest BCUT2D eigenvalue weighted by atomic mass is 35.5. The van der Waals surface area contributed by atoms with Crippen molar-refractivity contribution in [2.45, 2.75) is 23.8 Å². The van der Waals surface area contributed by atoms with Crippen LogP contribution in [0.5, 0.6) is 0 Å². The van der Waals surface area contributed by atoms with E-state index in [2.05, 4.69) is 6.58 Å². The van der Waals surface area contributed by atoms with Crippen molar-refractivity contribution in [2.75, 3.05) is 6.61 Å². The van der Waals surface area contributed by atoms with Gasteiger partial charge in [-0.15, -0.1) is 23.2 Å². The van der Waals surface area contributed by atoms with Crippen molar-refractivity contribution >= 4 is 38.7 Å². The summed E-state index contributed by atoms with van der Waals surface area (Å²) in [5, 5.41) is 0. The molecule has 2 nitrogen and oxygen atoms in total. The van der Waals surface area contributed by atoms with Gasteiger partial charge in [-0.2, -0.15) is 0 Å². The molecule has 0 aromatic rings. The van der Waals surface area contributed by atoms with Gasteiger partial charge in [0.2, 0.25) is 0 Å². The summed E-state index contributed by atoms with van der Waals surface area (Å²) in [5.74, 6) is -0.336. The lowest BCUT2D eigenvalue weighted by atomic mass is 10.4. The summed E-state index contributed by atoms with van der Waals surface area (Å²) in [6, 6.07) is 0.890. The van der Waals surface area contributed by atoms with Crippen LogP contribution in [0.4, 0.5) is 0 Å². The Morgan fingerprint density at radius 1 is 1.62 bits per heavy atom. The molecule has 13 heavy (non-hydrogen) atoms. The average molecular weight is 239 g/mol. The highest BCUT2D eigenvalue weighted by Gasteiger charge is 2.03. The molecule has 0 bridgehead atoms. The first-order valence-electron chi connectivity index (χ1n) is 3.88. The second-order valence-corrected chi connectivity index (χ2v) is 5.84. The molecule has 0 saturated carbocycles. The predicted octanol–water partition coefficient (Wildman–Crippen LogP) is 2.38. The Balaban J connectivity index is 3.26. The lowest BCUT2D eigenvalue weighted by molar-refractivity contribution is -0.138. The largest absolute Gasteiger partial charge is 0.462 e. The average Bonchev–Trinajstić information content (AvgIpc) is 2.02. The zero-order valence-corrected chi connectivity index (χ0v) is 9.99.